The number of rotatable bonds is 8. The minimum Gasteiger partial charge on any atom is -0.466 e. The largest absolute Gasteiger partial charge is 0.466 e. The molecule has 0 bridgehead atoms. The number of carbonyl (C=O) groups is 1. The number of esters is 1. The van der Waals surface area contributed by atoms with Crippen LogP contribution in [0.2, 0.25) is 0 Å². The molecule has 1 rings (SSSR count). The van der Waals surface area contributed by atoms with Crippen LogP contribution in [0, 0.1) is 5.92 Å². The highest BCUT2D eigenvalue weighted by atomic mass is 16.5. The third-order valence-corrected chi connectivity index (χ3v) is 3.29. The molecule has 0 aromatic rings. The number of ether oxygens (including phenoxy) is 2. The van der Waals surface area contributed by atoms with Crippen molar-refractivity contribution in [3.05, 3.63) is 0 Å². The second kappa shape index (κ2) is 9.46. The van der Waals surface area contributed by atoms with Crippen LogP contribution in [0.15, 0.2) is 0 Å². The molecule has 0 aromatic heterocycles. The first-order chi connectivity index (χ1) is 8.33. The molecule has 1 aliphatic rings. The van der Waals surface area contributed by atoms with Crippen molar-refractivity contribution in [3.8, 4) is 0 Å². The van der Waals surface area contributed by atoms with Gasteiger partial charge in [0, 0.05) is 6.61 Å². The molecule has 0 spiro atoms. The van der Waals surface area contributed by atoms with Crippen LogP contribution >= 0.6 is 0 Å². The Hall–Kier alpha value is -0.570. The van der Waals surface area contributed by atoms with Gasteiger partial charge in [-0.2, -0.15) is 0 Å². The van der Waals surface area contributed by atoms with Crippen LogP contribution < -0.4 is 0 Å². The Labute approximate surface area is 105 Å². The normalized spacial score (nSPS) is 17.0. The summed E-state index contributed by atoms with van der Waals surface area (Å²) in [5.74, 6) is 0.599. The predicted molar refractivity (Wildman–Crippen MR) is 67.9 cm³/mol. The van der Waals surface area contributed by atoms with E-state index in [2.05, 4.69) is 6.92 Å². The Morgan fingerprint density at radius 3 is 2.65 bits per heavy atom. The second-order valence-corrected chi connectivity index (χ2v) is 4.90. The summed E-state index contributed by atoms with van der Waals surface area (Å²) in [6, 6.07) is 0. The summed E-state index contributed by atoms with van der Waals surface area (Å²) in [4.78, 5) is 11.3. The van der Waals surface area contributed by atoms with Crippen molar-refractivity contribution in [1.82, 2.24) is 0 Å². The topological polar surface area (TPSA) is 35.5 Å². The number of carbonyl (C=O) groups excluding carboxylic acids is 1. The van der Waals surface area contributed by atoms with Crippen molar-refractivity contribution in [2.45, 2.75) is 58.3 Å². The predicted octanol–water partition coefficient (Wildman–Crippen LogP) is 3.32. The minimum absolute atomic E-state index is 0.123. The standard InChI is InChI=1S/C14H26O3/c1-2-3-10-17-14(15)9-11-16-12-13-7-5-4-6-8-13/h13H,2-12H2,1H3. The highest BCUT2D eigenvalue weighted by molar-refractivity contribution is 5.69. The molecule has 0 heterocycles. The number of unbranched alkanes of at least 4 members (excludes halogenated alkanes) is 1. The van der Waals surface area contributed by atoms with Gasteiger partial charge >= 0.3 is 5.97 Å². The zero-order chi connectivity index (χ0) is 12.3. The molecule has 1 saturated carbocycles. The maximum absolute atomic E-state index is 11.3. The summed E-state index contributed by atoms with van der Waals surface area (Å²) < 4.78 is 10.6. The first-order valence-corrected chi connectivity index (χ1v) is 7.06. The Morgan fingerprint density at radius 1 is 1.18 bits per heavy atom. The van der Waals surface area contributed by atoms with Crippen LogP contribution in [0.25, 0.3) is 0 Å². The van der Waals surface area contributed by atoms with Gasteiger partial charge < -0.3 is 9.47 Å². The van der Waals surface area contributed by atoms with Gasteiger partial charge in [0.2, 0.25) is 0 Å². The molecule has 0 N–H and O–H groups in total. The van der Waals surface area contributed by atoms with Gasteiger partial charge in [-0.3, -0.25) is 4.79 Å². The van der Waals surface area contributed by atoms with E-state index in [9.17, 15) is 4.79 Å². The van der Waals surface area contributed by atoms with E-state index in [0.717, 1.165) is 25.4 Å². The van der Waals surface area contributed by atoms with Crippen LogP contribution in [0.1, 0.15) is 58.3 Å². The molecule has 17 heavy (non-hydrogen) atoms. The minimum atomic E-state index is -0.123. The molecule has 0 amide bonds. The molecule has 0 saturated heterocycles. The summed E-state index contributed by atoms with van der Waals surface area (Å²) in [5, 5.41) is 0. The van der Waals surface area contributed by atoms with Gasteiger partial charge in [-0.1, -0.05) is 32.6 Å². The summed E-state index contributed by atoms with van der Waals surface area (Å²) in [6.07, 6.45) is 9.05. The smallest absolute Gasteiger partial charge is 0.308 e. The zero-order valence-corrected chi connectivity index (χ0v) is 11.1. The van der Waals surface area contributed by atoms with E-state index >= 15 is 0 Å². The Bertz CT molecular complexity index is 198. The van der Waals surface area contributed by atoms with Crippen molar-refractivity contribution in [2.24, 2.45) is 5.92 Å². The molecular formula is C14H26O3. The first-order valence-electron chi connectivity index (χ1n) is 7.06. The highest BCUT2D eigenvalue weighted by Crippen LogP contribution is 2.23. The summed E-state index contributed by atoms with van der Waals surface area (Å²) in [6.45, 7) is 3.97. The molecule has 0 atom stereocenters. The third-order valence-electron chi connectivity index (χ3n) is 3.29. The fourth-order valence-electron chi connectivity index (χ4n) is 2.16. The van der Waals surface area contributed by atoms with Gasteiger partial charge in [-0.25, -0.2) is 0 Å². The van der Waals surface area contributed by atoms with Crippen LogP contribution in [0.3, 0.4) is 0 Å². The molecule has 1 aliphatic carbocycles. The Morgan fingerprint density at radius 2 is 1.94 bits per heavy atom. The molecule has 0 radical (unpaired) electrons. The van der Waals surface area contributed by atoms with Crippen LogP contribution in [-0.4, -0.2) is 25.8 Å². The van der Waals surface area contributed by atoms with Crippen molar-refractivity contribution in [2.75, 3.05) is 19.8 Å². The van der Waals surface area contributed by atoms with E-state index in [4.69, 9.17) is 9.47 Å². The average molecular weight is 242 g/mol. The van der Waals surface area contributed by atoms with Gasteiger partial charge in [-0.05, 0) is 25.2 Å². The van der Waals surface area contributed by atoms with Gasteiger partial charge in [0.1, 0.15) is 0 Å². The van der Waals surface area contributed by atoms with E-state index in [0.29, 0.717) is 19.6 Å². The molecule has 3 heteroatoms. The Balaban J connectivity index is 1.90. The van der Waals surface area contributed by atoms with Gasteiger partial charge in [0.15, 0.2) is 0 Å². The third kappa shape index (κ3) is 7.37. The van der Waals surface area contributed by atoms with E-state index in [1.165, 1.54) is 32.1 Å². The number of hydrogen-bond acceptors (Lipinski definition) is 3. The SMILES string of the molecule is CCCCOC(=O)CCOCC1CCCCC1. The molecule has 0 aliphatic heterocycles. The fraction of sp³-hybridized carbons (Fsp3) is 0.929. The van der Waals surface area contributed by atoms with E-state index in [1.807, 2.05) is 0 Å². The average Bonchev–Trinajstić information content (AvgIpc) is 2.36. The quantitative estimate of drug-likeness (QED) is 0.484. The summed E-state index contributed by atoms with van der Waals surface area (Å²) >= 11 is 0. The molecule has 0 aromatic carbocycles. The molecule has 0 unspecified atom stereocenters. The lowest BCUT2D eigenvalue weighted by molar-refractivity contribution is -0.145. The maximum atomic E-state index is 11.3. The van der Waals surface area contributed by atoms with Crippen LogP contribution in [0.5, 0.6) is 0 Å². The Kier molecular flexibility index (Phi) is 8.06. The number of hydrogen-bond donors (Lipinski definition) is 0. The van der Waals surface area contributed by atoms with E-state index in [1.54, 1.807) is 0 Å². The molecule has 3 nitrogen and oxygen atoms in total. The van der Waals surface area contributed by atoms with Crippen molar-refractivity contribution in [1.29, 1.82) is 0 Å². The van der Waals surface area contributed by atoms with Gasteiger partial charge in [0.05, 0.1) is 19.6 Å². The maximum Gasteiger partial charge on any atom is 0.308 e. The zero-order valence-electron chi connectivity index (χ0n) is 11.1. The monoisotopic (exact) mass is 242 g/mol. The van der Waals surface area contributed by atoms with Crippen molar-refractivity contribution < 1.29 is 14.3 Å². The first kappa shape index (κ1) is 14.5. The molecule has 100 valence electrons. The summed E-state index contributed by atoms with van der Waals surface area (Å²) in [5.41, 5.74) is 0. The van der Waals surface area contributed by atoms with E-state index < -0.39 is 0 Å². The lowest BCUT2D eigenvalue weighted by Crippen LogP contribution is -2.15. The van der Waals surface area contributed by atoms with Crippen molar-refractivity contribution >= 4 is 5.97 Å². The van der Waals surface area contributed by atoms with Crippen LogP contribution in [-0.2, 0) is 14.3 Å². The lowest BCUT2D eigenvalue weighted by atomic mass is 9.90. The molecular weight excluding hydrogens is 216 g/mol. The molecule has 1 fully saturated rings. The van der Waals surface area contributed by atoms with Crippen molar-refractivity contribution in [3.63, 3.8) is 0 Å². The van der Waals surface area contributed by atoms with Gasteiger partial charge in [0.25, 0.3) is 0 Å². The fourth-order valence-corrected chi connectivity index (χ4v) is 2.16. The van der Waals surface area contributed by atoms with Gasteiger partial charge in [-0.15, -0.1) is 0 Å². The van der Waals surface area contributed by atoms with Crippen LogP contribution in [0.4, 0.5) is 0 Å². The van der Waals surface area contributed by atoms with E-state index in [-0.39, 0.29) is 5.97 Å². The summed E-state index contributed by atoms with van der Waals surface area (Å²) in [7, 11) is 0. The lowest BCUT2D eigenvalue weighted by Gasteiger charge is -2.21. The second-order valence-electron chi connectivity index (χ2n) is 4.90. The highest BCUT2D eigenvalue weighted by Gasteiger charge is 2.13.